The number of benzene rings is 1. The van der Waals surface area contributed by atoms with E-state index < -0.39 is 10.1 Å². The van der Waals surface area contributed by atoms with Crippen molar-refractivity contribution in [2.24, 2.45) is 7.05 Å². The van der Waals surface area contributed by atoms with Crippen LogP contribution in [0.2, 0.25) is 0 Å². The molecular formula is C18H18N2O3S. The molecule has 124 valence electrons. The Morgan fingerprint density at radius 2 is 1.38 bits per heavy atom. The molecule has 0 atom stereocenters. The first-order valence-corrected chi connectivity index (χ1v) is 8.65. The van der Waals surface area contributed by atoms with E-state index >= 15 is 0 Å². The SMILES string of the molecule is C[n+]1ccc(-c2ccncc2)cc1.Cc1ccc(S(=O)(=O)[O-])cc1. The van der Waals surface area contributed by atoms with E-state index in [2.05, 4.69) is 17.1 Å². The van der Waals surface area contributed by atoms with Gasteiger partial charge in [0.1, 0.15) is 17.2 Å². The zero-order valence-corrected chi connectivity index (χ0v) is 14.3. The van der Waals surface area contributed by atoms with Gasteiger partial charge >= 0.3 is 0 Å². The average molecular weight is 342 g/mol. The summed E-state index contributed by atoms with van der Waals surface area (Å²) in [6, 6.07) is 14.0. The van der Waals surface area contributed by atoms with Crippen LogP contribution in [0, 0.1) is 6.92 Å². The quantitative estimate of drug-likeness (QED) is 0.530. The van der Waals surface area contributed by atoms with Gasteiger partial charge < -0.3 is 4.55 Å². The molecule has 0 saturated carbocycles. The maximum atomic E-state index is 10.4. The Labute approximate surface area is 142 Å². The van der Waals surface area contributed by atoms with E-state index in [0.29, 0.717) is 0 Å². The fraction of sp³-hybridized carbons (Fsp3) is 0.111. The normalized spacial score (nSPS) is 10.6. The van der Waals surface area contributed by atoms with E-state index in [-0.39, 0.29) is 4.90 Å². The van der Waals surface area contributed by atoms with E-state index in [1.54, 1.807) is 12.1 Å². The van der Waals surface area contributed by atoms with Gasteiger partial charge in [-0.05, 0) is 42.3 Å². The molecule has 2 heterocycles. The van der Waals surface area contributed by atoms with Gasteiger partial charge in [0.2, 0.25) is 0 Å². The van der Waals surface area contributed by atoms with E-state index in [1.807, 2.05) is 55.5 Å². The fourth-order valence-corrected chi connectivity index (χ4v) is 2.41. The van der Waals surface area contributed by atoms with Crippen LogP contribution in [-0.2, 0) is 17.2 Å². The molecule has 5 nitrogen and oxygen atoms in total. The topological polar surface area (TPSA) is 74.0 Å². The Kier molecular flexibility index (Phi) is 5.78. The fourth-order valence-electron chi connectivity index (χ4n) is 1.94. The van der Waals surface area contributed by atoms with Gasteiger partial charge in [-0.15, -0.1) is 0 Å². The molecule has 24 heavy (non-hydrogen) atoms. The van der Waals surface area contributed by atoms with Crippen molar-refractivity contribution in [1.82, 2.24) is 4.98 Å². The van der Waals surface area contributed by atoms with E-state index in [1.165, 1.54) is 23.3 Å². The van der Waals surface area contributed by atoms with Crippen LogP contribution in [0.5, 0.6) is 0 Å². The molecule has 0 N–H and O–H groups in total. The van der Waals surface area contributed by atoms with E-state index in [0.717, 1.165) is 5.56 Å². The minimum absolute atomic E-state index is 0.178. The molecule has 0 saturated heterocycles. The number of rotatable bonds is 2. The van der Waals surface area contributed by atoms with Crippen LogP contribution >= 0.6 is 0 Å². The van der Waals surface area contributed by atoms with Gasteiger partial charge in [-0.1, -0.05) is 17.7 Å². The predicted octanol–water partition coefficient (Wildman–Crippen LogP) is 2.47. The van der Waals surface area contributed by atoms with Crippen LogP contribution < -0.4 is 4.57 Å². The zero-order valence-electron chi connectivity index (χ0n) is 13.5. The molecule has 0 unspecified atom stereocenters. The van der Waals surface area contributed by atoms with Crippen LogP contribution in [0.1, 0.15) is 5.56 Å². The number of hydrogen-bond donors (Lipinski definition) is 0. The van der Waals surface area contributed by atoms with Gasteiger partial charge in [0.25, 0.3) is 0 Å². The van der Waals surface area contributed by atoms with Crippen LogP contribution in [0.4, 0.5) is 0 Å². The third kappa shape index (κ3) is 5.26. The minimum atomic E-state index is -4.27. The molecule has 2 aromatic heterocycles. The highest BCUT2D eigenvalue weighted by molar-refractivity contribution is 7.85. The molecule has 0 radical (unpaired) electrons. The van der Waals surface area contributed by atoms with Crippen molar-refractivity contribution in [3.05, 3.63) is 78.9 Å². The van der Waals surface area contributed by atoms with Crippen LogP contribution in [-0.4, -0.2) is 18.0 Å². The maximum absolute atomic E-state index is 10.4. The van der Waals surface area contributed by atoms with E-state index in [9.17, 15) is 13.0 Å². The molecule has 0 aliphatic rings. The lowest BCUT2D eigenvalue weighted by Crippen LogP contribution is -2.25. The van der Waals surface area contributed by atoms with Crippen LogP contribution in [0.25, 0.3) is 11.1 Å². The highest BCUT2D eigenvalue weighted by Gasteiger charge is 1.98. The summed E-state index contributed by atoms with van der Waals surface area (Å²) in [5.41, 5.74) is 3.36. The first kappa shape index (κ1) is 17.8. The van der Waals surface area contributed by atoms with Crippen molar-refractivity contribution in [2.75, 3.05) is 0 Å². The lowest BCUT2D eigenvalue weighted by atomic mass is 10.1. The molecule has 6 heteroatoms. The number of aromatic nitrogens is 2. The summed E-state index contributed by atoms with van der Waals surface area (Å²) < 4.78 is 33.2. The molecule has 3 rings (SSSR count). The highest BCUT2D eigenvalue weighted by atomic mass is 32.2. The maximum Gasteiger partial charge on any atom is 0.169 e. The van der Waals surface area contributed by atoms with Gasteiger partial charge in [0.15, 0.2) is 12.4 Å². The number of aryl methyl sites for hydroxylation is 2. The first-order valence-electron chi connectivity index (χ1n) is 7.24. The van der Waals surface area contributed by atoms with Crippen molar-refractivity contribution in [2.45, 2.75) is 11.8 Å². The van der Waals surface area contributed by atoms with Gasteiger partial charge in [-0.3, -0.25) is 4.98 Å². The zero-order chi connectivity index (χ0) is 17.6. The summed E-state index contributed by atoms with van der Waals surface area (Å²) in [4.78, 5) is 3.81. The molecular weight excluding hydrogens is 324 g/mol. The average Bonchev–Trinajstić information content (AvgIpc) is 2.56. The summed E-state index contributed by atoms with van der Waals surface area (Å²) in [7, 11) is -2.26. The lowest BCUT2D eigenvalue weighted by molar-refractivity contribution is -0.671. The molecule has 0 bridgehead atoms. The third-order valence-corrected chi connectivity index (χ3v) is 4.15. The van der Waals surface area contributed by atoms with Crippen LogP contribution in [0.15, 0.2) is 78.2 Å². The Balaban J connectivity index is 0.000000177. The monoisotopic (exact) mass is 342 g/mol. The number of hydrogen-bond acceptors (Lipinski definition) is 4. The van der Waals surface area contributed by atoms with Gasteiger partial charge in [0.05, 0.1) is 4.90 Å². The molecule has 3 aromatic rings. The van der Waals surface area contributed by atoms with Crippen molar-refractivity contribution in [3.63, 3.8) is 0 Å². The van der Waals surface area contributed by atoms with Gasteiger partial charge in [-0.25, -0.2) is 13.0 Å². The van der Waals surface area contributed by atoms with Crippen molar-refractivity contribution in [3.8, 4) is 11.1 Å². The summed E-state index contributed by atoms with van der Waals surface area (Å²) in [6.45, 7) is 1.82. The molecule has 1 aromatic carbocycles. The largest absolute Gasteiger partial charge is 0.744 e. The number of nitrogens with zero attached hydrogens (tertiary/aromatic N) is 2. The Morgan fingerprint density at radius 1 is 0.875 bits per heavy atom. The second-order valence-corrected chi connectivity index (χ2v) is 6.64. The first-order chi connectivity index (χ1) is 11.4. The second kappa shape index (κ2) is 7.81. The molecule has 0 aliphatic heterocycles. The Bertz CT molecular complexity index is 876. The standard InChI is InChI=1S/C11H11N2.C7H8O3S/c1-13-8-4-11(5-9-13)10-2-6-12-7-3-10;1-6-2-4-7(5-3-6)11(8,9)10/h2-9H,1H3;2-5H,1H3,(H,8,9,10)/q+1;/p-1. The van der Waals surface area contributed by atoms with Crippen LogP contribution in [0.3, 0.4) is 0 Å². The Hall–Kier alpha value is -2.57. The van der Waals surface area contributed by atoms with Gasteiger partial charge in [-0.2, -0.15) is 0 Å². The second-order valence-electron chi connectivity index (χ2n) is 5.26. The highest BCUT2D eigenvalue weighted by Crippen LogP contribution is 2.15. The lowest BCUT2D eigenvalue weighted by Gasteiger charge is -2.05. The summed E-state index contributed by atoms with van der Waals surface area (Å²) in [6.07, 6.45) is 7.69. The third-order valence-electron chi connectivity index (χ3n) is 3.30. The Morgan fingerprint density at radius 3 is 1.88 bits per heavy atom. The van der Waals surface area contributed by atoms with Crippen molar-refractivity contribution >= 4 is 10.1 Å². The molecule has 0 amide bonds. The smallest absolute Gasteiger partial charge is 0.169 e. The van der Waals surface area contributed by atoms with Crippen molar-refractivity contribution in [1.29, 1.82) is 0 Å². The molecule has 0 fully saturated rings. The van der Waals surface area contributed by atoms with Crippen molar-refractivity contribution < 1.29 is 17.5 Å². The van der Waals surface area contributed by atoms with E-state index in [4.69, 9.17) is 0 Å². The summed E-state index contributed by atoms with van der Waals surface area (Å²) in [5, 5.41) is 0. The summed E-state index contributed by atoms with van der Waals surface area (Å²) >= 11 is 0. The molecule has 0 aliphatic carbocycles. The predicted molar refractivity (Wildman–Crippen MR) is 90.0 cm³/mol. The minimum Gasteiger partial charge on any atom is -0.744 e. The summed E-state index contributed by atoms with van der Waals surface area (Å²) in [5.74, 6) is 0. The number of pyridine rings is 2. The molecule has 0 spiro atoms. The van der Waals surface area contributed by atoms with Gasteiger partial charge in [0, 0.05) is 24.5 Å².